The minimum atomic E-state index is -4.66. The van der Waals surface area contributed by atoms with Crippen molar-refractivity contribution >= 4 is 27.1 Å². The zero-order valence-corrected chi connectivity index (χ0v) is 15.3. The maximum absolute atomic E-state index is 12.5. The Labute approximate surface area is 149 Å². The van der Waals surface area contributed by atoms with E-state index in [0.717, 1.165) is 17.7 Å². The topological polar surface area (TPSA) is 66.5 Å². The van der Waals surface area contributed by atoms with Crippen molar-refractivity contribution in [3.05, 3.63) is 52.2 Å². The molecule has 0 bridgehead atoms. The molecule has 0 spiro atoms. The molecule has 0 aliphatic carbocycles. The summed E-state index contributed by atoms with van der Waals surface area (Å²) in [5.74, 6) is -3.89. The molecule has 1 aromatic carbocycles. The molecular weight excluding hydrogens is 370 g/mol. The summed E-state index contributed by atoms with van der Waals surface area (Å²) in [5.41, 5.74) is 1.28. The molecular formula is C16H18F2N2O3S2. The van der Waals surface area contributed by atoms with Gasteiger partial charge in [0.15, 0.2) is 0 Å². The zero-order valence-electron chi connectivity index (χ0n) is 13.6. The average Bonchev–Trinajstić information content (AvgIpc) is 3.08. The quantitative estimate of drug-likeness (QED) is 0.792. The van der Waals surface area contributed by atoms with E-state index in [1.54, 1.807) is 11.3 Å². The molecule has 1 atom stereocenters. The molecule has 25 heavy (non-hydrogen) atoms. The van der Waals surface area contributed by atoms with E-state index in [0.29, 0.717) is 6.54 Å². The van der Waals surface area contributed by atoms with Gasteiger partial charge < -0.3 is 10.2 Å². The molecule has 0 aliphatic heterocycles. The van der Waals surface area contributed by atoms with Crippen molar-refractivity contribution in [3.63, 3.8) is 0 Å². The normalized spacial score (nSPS) is 13.2. The second kappa shape index (κ2) is 8.03. The van der Waals surface area contributed by atoms with Gasteiger partial charge in [-0.2, -0.15) is 20.1 Å². The summed E-state index contributed by atoms with van der Waals surface area (Å²) < 4.78 is 47.8. The van der Waals surface area contributed by atoms with Crippen molar-refractivity contribution in [1.82, 2.24) is 10.2 Å². The molecule has 0 saturated heterocycles. The predicted molar refractivity (Wildman–Crippen MR) is 92.7 cm³/mol. The third-order valence-corrected chi connectivity index (χ3v) is 5.79. The maximum Gasteiger partial charge on any atom is 0.341 e. The number of hydrogen-bond acceptors (Lipinski definition) is 5. The maximum atomic E-state index is 12.5. The Bertz CT molecular complexity index is 804. The van der Waals surface area contributed by atoms with Crippen molar-refractivity contribution < 1.29 is 22.0 Å². The summed E-state index contributed by atoms with van der Waals surface area (Å²) >= 11 is 1.56. The Morgan fingerprint density at radius 1 is 1.20 bits per heavy atom. The number of likely N-dealkylation sites (N-methyl/N-ethyl adjacent to an activating group) is 1. The molecule has 1 N–H and O–H groups in total. The number of halogens is 2. The first-order chi connectivity index (χ1) is 11.7. The molecule has 0 saturated carbocycles. The van der Waals surface area contributed by atoms with Crippen LogP contribution in [0.15, 0.2) is 46.0 Å². The lowest BCUT2D eigenvalue weighted by molar-refractivity contribution is 0.0942. The van der Waals surface area contributed by atoms with Crippen LogP contribution in [0.3, 0.4) is 0 Å². The highest BCUT2D eigenvalue weighted by Gasteiger charge is 2.26. The van der Waals surface area contributed by atoms with Gasteiger partial charge in [0.2, 0.25) is 9.84 Å². The Balaban J connectivity index is 2.06. The second-order valence-electron chi connectivity index (χ2n) is 5.58. The summed E-state index contributed by atoms with van der Waals surface area (Å²) in [4.78, 5) is 13.7. The fourth-order valence-electron chi connectivity index (χ4n) is 2.25. The second-order valence-corrected chi connectivity index (χ2v) is 8.27. The number of rotatable bonds is 7. The number of benzene rings is 1. The lowest BCUT2D eigenvalue weighted by Crippen LogP contribution is -2.34. The van der Waals surface area contributed by atoms with Crippen LogP contribution < -0.4 is 5.32 Å². The molecule has 0 radical (unpaired) electrons. The fourth-order valence-corrected chi connectivity index (χ4v) is 3.68. The molecule has 0 fully saturated rings. The van der Waals surface area contributed by atoms with Crippen LogP contribution in [0.25, 0.3) is 0 Å². The highest BCUT2D eigenvalue weighted by molar-refractivity contribution is 7.91. The number of nitrogens with one attached hydrogen (secondary N) is 1. The molecule has 1 aromatic heterocycles. The lowest BCUT2D eigenvalue weighted by Gasteiger charge is -2.24. The van der Waals surface area contributed by atoms with Crippen molar-refractivity contribution in [2.24, 2.45) is 0 Å². The minimum Gasteiger partial charge on any atom is -0.350 e. The van der Waals surface area contributed by atoms with Gasteiger partial charge in [0.25, 0.3) is 5.91 Å². The largest absolute Gasteiger partial charge is 0.350 e. The lowest BCUT2D eigenvalue weighted by atomic mass is 10.1. The zero-order chi connectivity index (χ0) is 18.6. The number of sulfone groups is 1. The third-order valence-electron chi connectivity index (χ3n) is 3.69. The van der Waals surface area contributed by atoms with E-state index < -0.39 is 26.4 Å². The van der Waals surface area contributed by atoms with Gasteiger partial charge in [-0.05, 0) is 60.8 Å². The number of carbonyl (C=O) groups excluding carboxylic acids is 1. The molecule has 136 valence electrons. The average molecular weight is 388 g/mol. The summed E-state index contributed by atoms with van der Waals surface area (Å²) in [6.07, 6.45) is 0. The summed E-state index contributed by atoms with van der Waals surface area (Å²) in [5, 5.41) is 6.73. The van der Waals surface area contributed by atoms with Crippen LogP contribution >= 0.6 is 11.3 Å². The molecule has 1 unspecified atom stereocenters. The van der Waals surface area contributed by atoms with Crippen molar-refractivity contribution in [2.45, 2.75) is 16.7 Å². The SMILES string of the molecule is CN(C)C(CNC(=O)c1ccc(S(=O)(=O)C(F)F)cc1)c1ccsc1. The third kappa shape index (κ3) is 4.62. The van der Waals surface area contributed by atoms with E-state index in [4.69, 9.17) is 0 Å². The van der Waals surface area contributed by atoms with E-state index >= 15 is 0 Å². The molecule has 2 rings (SSSR count). The first-order valence-electron chi connectivity index (χ1n) is 7.32. The van der Waals surface area contributed by atoms with E-state index in [-0.39, 0.29) is 11.6 Å². The number of nitrogens with zero attached hydrogens (tertiary/aromatic N) is 1. The summed E-state index contributed by atoms with van der Waals surface area (Å²) in [6.45, 7) is 0.361. The van der Waals surface area contributed by atoms with Gasteiger partial charge in [0.1, 0.15) is 0 Å². The first kappa shape index (κ1) is 19.5. The number of thiophene rings is 1. The highest BCUT2D eigenvalue weighted by atomic mass is 32.2. The minimum absolute atomic E-state index is 0.00585. The molecule has 0 aliphatic rings. The van der Waals surface area contributed by atoms with E-state index in [1.165, 1.54) is 12.1 Å². The van der Waals surface area contributed by atoms with Crippen LogP contribution in [-0.4, -0.2) is 45.6 Å². The van der Waals surface area contributed by atoms with Crippen LogP contribution in [-0.2, 0) is 9.84 Å². The summed E-state index contributed by atoms with van der Waals surface area (Å²) in [6, 6.07) is 6.44. The van der Waals surface area contributed by atoms with E-state index in [1.807, 2.05) is 35.8 Å². The van der Waals surface area contributed by atoms with Crippen LogP contribution in [0.2, 0.25) is 0 Å². The fraction of sp³-hybridized carbons (Fsp3) is 0.312. The van der Waals surface area contributed by atoms with Gasteiger partial charge in [-0.25, -0.2) is 8.42 Å². The van der Waals surface area contributed by atoms with Gasteiger partial charge in [-0.15, -0.1) is 0 Å². The van der Waals surface area contributed by atoms with Gasteiger partial charge >= 0.3 is 5.76 Å². The van der Waals surface area contributed by atoms with Gasteiger partial charge in [-0.1, -0.05) is 0 Å². The monoisotopic (exact) mass is 388 g/mol. The smallest absolute Gasteiger partial charge is 0.341 e. The number of amides is 1. The van der Waals surface area contributed by atoms with Crippen molar-refractivity contribution in [3.8, 4) is 0 Å². The molecule has 9 heteroatoms. The van der Waals surface area contributed by atoms with E-state index in [9.17, 15) is 22.0 Å². The van der Waals surface area contributed by atoms with E-state index in [2.05, 4.69) is 5.32 Å². The van der Waals surface area contributed by atoms with Crippen LogP contribution in [0, 0.1) is 0 Å². The first-order valence-corrected chi connectivity index (χ1v) is 9.81. The Hall–Kier alpha value is -1.84. The number of carbonyl (C=O) groups is 1. The van der Waals surface area contributed by atoms with Crippen LogP contribution in [0.4, 0.5) is 8.78 Å². The highest BCUT2D eigenvalue weighted by Crippen LogP contribution is 2.21. The summed E-state index contributed by atoms with van der Waals surface area (Å²) in [7, 11) is -0.854. The van der Waals surface area contributed by atoms with Crippen molar-refractivity contribution in [2.75, 3.05) is 20.6 Å². The van der Waals surface area contributed by atoms with Crippen LogP contribution in [0.5, 0.6) is 0 Å². The molecule has 1 heterocycles. The molecule has 1 amide bonds. The molecule has 2 aromatic rings. The number of alkyl halides is 2. The standard InChI is InChI=1S/C16H18F2N2O3S2/c1-20(2)14(12-7-8-24-10-12)9-19-15(21)11-3-5-13(6-4-11)25(22,23)16(17)18/h3-8,10,14,16H,9H2,1-2H3,(H,19,21). The predicted octanol–water partition coefficient (Wildman–Crippen LogP) is 2.78. The Morgan fingerprint density at radius 2 is 1.84 bits per heavy atom. The van der Waals surface area contributed by atoms with Gasteiger partial charge in [-0.3, -0.25) is 4.79 Å². The van der Waals surface area contributed by atoms with Crippen LogP contribution in [0.1, 0.15) is 22.0 Å². The molecule has 5 nitrogen and oxygen atoms in total. The Kier molecular flexibility index (Phi) is 6.26. The Morgan fingerprint density at radius 3 is 2.32 bits per heavy atom. The number of hydrogen-bond donors (Lipinski definition) is 1. The van der Waals surface area contributed by atoms with Gasteiger partial charge in [0.05, 0.1) is 10.9 Å². The van der Waals surface area contributed by atoms with Gasteiger partial charge in [0, 0.05) is 12.1 Å². The van der Waals surface area contributed by atoms with Crippen molar-refractivity contribution in [1.29, 1.82) is 0 Å².